The average molecular weight is 455 g/mol. The van der Waals surface area contributed by atoms with E-state index < -0.39 is 5.60 Å². The molecule has 1 aliphatic rings. The average Bonchev–Trinajstić information content (AvgIpc) is 3.13. The third kappa shape index (κ3) is 4.76. The van der Waals surface area contributed by atoms with Gasteiger partial charge in [-0.25, -0.2) is 9.48 Å². The normalized spacial score (nSPS) is 16.9. The fourth-order valence-corrected chi connectivity index (χ4v) is 4.43. The first kappa shape index (κ1) is 23.3. The van der Waals surface area contributed by atoms with Crippen molar-refractivity contribution in [3.8, 4) is 0 Å². The molecule has 3 aromatic rings. The molecule has 2 aromatic heterocycles. The zero-order valence-electron chi connectivity index (χ0n) is 20.3. The highest BCUT2D eigenvalue weighted by Crippen LogP contribution is 2.29. The summed E-state index contributed by atoms with van der Waals surface area (Å²) in [5.74, 6) is 0. The van der Waals surface area contributed by atoms with Crippen LogP contribution in [-0.4, -0.2) is 51.1 Å². The van der Waals surface area contributed by atoms with E-state index >= 15 is 0 Å². The maximum Gasteiger partial charge on any atom is 0.410 e. The predicted octanol–water partition coefficient (Wildman–Crippen LogP) is 4.62. The van der Waals surface area contributed by atoms with Gasteiger partial charge in [-0.2, -0.15) is 5.10 Å². The molecule has 8 nitrogen and oxygen atoms in total. The molecule has 1 amide bonds. The lowest BCUT2D eigenvalue weighted by molar-refractivity contribution is -0.0402. The van der Waals surface area contributed by atoms with Crippen LogP contribution in [0.2, 0.25) is 0 Å². The van der Waals surface area contributed by atoms with Gasteiger partial charge < -0.3 is 18.9 Å². The molecule has 33 heavy (non-hydrogen) atoms. The second kappa shape index (κ2) is 9.17. The number of hydrogen-bond acceptors (Lipinski definition) is 5. The number of ether oxygens (including phenoxy) is 2. The Balaban J connectivity index is 1.65. The van der Waals surface area contributed by atoms with Gasteiger partial charge in [0, 0.05) is 32.1 Å². The van der Waals surface area contributed by atoms with Gasteiger partial charge in [0.1, 0.15) is 17.3 Å². The van der Waals surface area contributed by atoms with Crippen LogP contribution in [0, 0.1) is 6.92 Å². The van der Waals surface area contributed by atoms with Crippen LogP contribution >= 0.6 is 0 Å². The topological polar surface area (TPSA) is 78.6 Å². The van der Waals surface area contributed by atoms with E-state index in [4.69, 9.17) is 14.6 Å². The third-order valence-corrected chi connectivity index (χ3v) is 6.07. The number of amides is 1. The Hall–Kier alpha value is -2.87. The summed E-state index contributed by atoms with van der Waals surface area (Å²) in [5.41, 5.74) is 1.83. The minimum atomic E-state index is -0.538. The van der Waals surface area contributed by atoms with Crippen molar-refractivity contribution in [1.82, 2.24) is 19.2 Å². The molecule has 1 aliphatic heterocycles. The number of aryl methyl sites for hydroxylation is 2. The number of fused-ring (bicyclic) bond motifs is 3. The molecule has 0 bridgehead atoms. The van der Waals surface area contributed by atoms with Gasteiger partial charge in [-0.3, -0.25) is 4.79 Å². The Morgan fingerprint density at radius 3 is 2.73 bits per heavy atom. The van der Waals surface area contributed by atoms with Crippen molar-refractivity contribution in [3.05, 3.63) is 40.3 Å². The van der Waals surface area contributed by atoms with Crippen LogP contribution < -0.4 is 5.56 Å². The van der Waals surface area contributed by atoms with Crippen molar-refractivity contribution in [1.29, 1.82) is 0 Å². The monoisotopic (exact) mass is 454 g/mol. The zero-order valence-corrected chi connectivity index (χ0v) is 20.3. The lowest BCUT2D eigenvalue weighted by atomic mass is 10.1. The summed E-state index contributed by atoms with van der Waals surface area (Å²) in [6, 6.07) is 7.88. The first-order valence-corrected chi connectivity index (χ1v) is 11.7. The summed E-state index contributed by atoms with van der Waals surface area (Å²) < 4.78 is 15.1. The highest BCUT2D eigenvalue weighted by molar-refractivity contribution is 6.04. The largest absolute Gasteiger partial charge is 0.444 e. The van der Waals surface area contributed by atoms with Crippen LogP contribution in [0.5, 0.6) is 0 Å². The standard InChI is InChI=1S/C25H34N4O4/c1-17-21-22(26-29(17)20-13-8-9-16-32-20)18-11-6-7-12-19(18)28(23(21)30)15-10-14-27(5)24(31)33-25(2,3)4/h6-7,11-12,20H,8-10,13-16H2,1-5H3. The molecule has 8 heteroatoms. The van der Waals surface area contributed by atoms with Crippen LogP contribution in [0.1, 0.15) is 58.4 Å². The molecule has 0 spiro atoms. The number of nitrogens with zero attached hydrogens (tertiary/aromatic N) is 4. The predicted molar refractivity (Wildman–Crippen MR) is 129 cm³/mol. The van der Waals surface area contributed by atoms with Crippen LogP contribution in [0.25, 0.3) is 21.8 Å². The van der Waals surface area contributed by atoms with E-state index in [0.29, 0.717) is 24.9 Å². The summed E-state index contributed by atoms with van der Waals surface area (Å²) >= 11 is 0. The van der Waals surface area contributed by atoms with Crippen molar-refractivity contribution in [2.24, 2.45) is 0 Å². The summed E-state index contributed by atoms with van der Waals surface area (Å²) in [4.78, 5) is 27.4. The van der Waals surface area contributed by atoms with Gasteiger partial charge in [0.25, 0.3) is 5.56 Å². The number of benzene rings is 1. The molecular formula is C25H34N4O4. The lowest BCUT2D eigenvalue weighted by Gasteiger charge is -2.24. The van der Waals surface area contributed by atoms with E-state index in [9.17, 15) is 9.59 Å². The van der Waals surface area contributed by atoms with Gasteiger partial charge >= 0.3 is 6.09 Å². The molecule has 0 radical (unpaired) electrons. The number of rotatable bonds is 5. The summed E-state index contributed by atoms with van der Waals surface area (Å²) in [6.45, 7) is 9.19. The molecule has 4 rings (SSSR count). The quantitative estimate of drug-likeness (QED) is 0.562. The molecule has 0 saturated carbocycles. The smallest absolute Gasteiger partial charge is 0.410 e. The minimum absolute atomic E-state index is 0.0526. The van der Waals surface area contributed by atoms with E-state index in [-0.39, 0.29) is 17.9 Å². The van der Waals surface area contributed by atoms with Gasteiger partial charge in [-0.1, -0.05) is 18.2 Å². The van der Waals surface area contributed by atoms with E-state index in [1.165, 1.54) is 0 Å². The van der Waals surface area contributed by atoms with Crippen molar-refractivity contribution in [3.63, 3.8) is 0 Å². The Morgan fingerprint density at radius 1 is 1.27 bits per heavy atom. The second-order valence-electron chi connectivity index (χ2n) is 9.80. The summed E-state index contributed by atoms with van der Waals surface area (Å²) in [5, 5.41) is 6.43. The molecule has 0 N–H and O–H groups in total. The van der Waals surface area contributed by atoms with Gasteiger partial charge in [0.2, 0.25) is 0 Å². The number of pyridine rings is 1. The molecule has 1 unspecified atom stereocenters. The number of aromatic nitrogens is 3. The Morgan fingerprint density at radius 2 is 2.03 bits per heavy atom. The van der Waals surface area contributed by atoms with Crippen LogP contribution in [0.4, 0.5) is 4.79 Å². The van der Waals surface area contributed by atoms with Crippen molar-refractivity contribution >= 4 is 27.9 Å². The molecule has 178 valence electrons. The van der Waals surface area contributed by atoms with Crippen molar-refractivity contribution in [2.45, 2.75) is 71.8 Å². The van der Waals surface area contributed by atoms with E-state index in [2.05, 4.69) is 0 Å². The van der Waals surface area contributed by atoms with Crippen LogP contribution in [0.15, 0.2) is 29.1 Å². The summed E-state index contributed by atoms with van der Waals surface area (Å²) in [7, 11) is 1.72. The molecule has 1 aromatic carbocycles. The van der Waals surface area contributed by atoms with E-state index in [0.717, 1.165) is 48.0 Å². The zero-order chi connectivity index (χ0) is 23.8. The minimum Gasteiger partial charge on any atom is -0.444 e. The molecule has 1 fully saturated rings. The molecule has 3 heterocycles. The molecular weight excluding hydrogens is 420 g/mol. The van der Waals surface area contributed by atoms with E-state index in [1.54, 1.807) is 16.5 Å². The number of para-hydroxylation sites is 1. The fraction of sp³-hybridized carbons (Fsp3) is 0.560. The number of hydrogen-bond donors (Lipinski definition) is 0. The van der Waals surface area contributed by atoms with Crippen molar-refractivity contribution < 1.29 is 14.3 Å². The number of carbonyl (C=O) groups is 1. The Bertz CT molecular complexity index is 1220. The van der Waals surface area contributed by atoms with Crippen LogP contribution in [-0.2, 0) is 16.0 Å². The van der Waals surface area contributed by atoms with Gasteiger partial charge in [-0.15, -0.1) is 0 Å². The molecule has 1 atom stereocenters. The summed E-state index contributed by atoms with van der Waals surface area (Å²) in [6.07, 6.45) is 3.20. The van der Waals surface area contributed by atoms with Gasteiger partial charge in [0.05, 0.1) is 16.6 Å². The lowest BCUT2D eigenvalue weighted by Crippen LogP contribution is -2.35. The fourth-order valence-electron chi connectivity index (χ4n) is 4.43. The third-order valence-electron chi connectivity index (χ3n) is 6.07. The Labute approximate surface area is 194 Å². The second-order valence-corrected chi connectivity index (χ2v) is 9.80. The maximum absolute atomic E-state index is 13.6. The SMILES string of the molecule is Cc1c2c(=O)n(CCCN(C)C(=O)OC(C)(C)C)c3ccccc3c2nn1C1CCCCO1. The highest BCUT2D eigenvalue weighted by Gasteiger charge is 2.24. The maximum atomic E-state index is 13.6. The first-order chi connectivity index (χ1) is 15.7. The Kier molecular flexibility index (Phi) is 6.47. The first-order valence-electron chi connectivity index (χ1n) is 11.7. The van der Waals surface area contributed by atoms with Gasteiger partial charge in [-0.05, 0) is 59.4 Å². The van der Waals surface area contributed by atoms with E-state index in [1.807, 2.05) is 56.6 Å². The molecule has 0 aliphatic carbocycles. The highest BCUT2D eigenvalue weighted by atomic mass is 16.6. The van der Waals surface area contributed by atoms with Gasteiger partial charge in [0.15, 0.2) is 0 Å². The number of carbonyl (C=O) groups excluding carboxylic acids is 1. The van der Waals surface area contributed by atoms with Crippen LogP contribution in [0.3, 0.4) is 0 Å². The molecule has 1 saturated heterocycles. The van der Waals surface area contributed by atoms with Crippen molar-refractivity contribution in [2.75, 3.05) is 20.2 Å².